The van der Waals surface area contributed by atoms with Crippen molar-refractivity contribution in [3.8, 4) is 0 Å². The number of Topliss-reactive ketones (excluding diaryl/α,β-unsaturated/α-hetero) is 1. The molecule has 0 bridgehead atoms. The lowest BCUT2D eigenvalue weighted by atomic mass is 9.90. The number of nitrogens with two attached hydrogens (primary N) is 1. The molecule has 1 aliphatic rings. The van der Waals surface area contributed by atoms with E-state index in [0.29, 0.717) is 25.1 Å². The summed E-state index contributed by atoms with van der Waals surface area (Å²) in [7, 11) is 0. The molecule has 2 rings (SSSR count). The van der Waals surface area contributed by atoms with Gasteiger partial charge in [0, 0.05) is 31.0 Å². The third-order valence-electron chi connectivity index (χ3n) is 4.62. The fraction of sp³-hybridized carbons (Fsp3) is 0.579. The standard InChI is InChI=1S/C19H27FN2O2.ClH/c20-17-10-8-15(9-11-17)19(24)16-6-5-13-22(14-16)18(23)7-3-1-2-4-12-21;/h8-11,16H,1-7,12-14,21H2;1H. The van der Waals surface area contributed by atoms with Gasteiger partial charge in [-0.1, -0.05) is 12.8 Å². The zero-order valence-electron chi connectivity index (χ0n) is 14.6. The fourth-order valence-electron chi connectivity index (χ4n) is 3.20. The van der Waals surface area contributed by atoms with Gasteiger partial charge in [0.15, 0.2) is 5.78 Å². The molecule has 1 saturated heterocycles. The molecule has 1 heterocycles. The van der Waals surface area contributed by atoms with Crippen LogP contribution in [0.1, 0.15) is 55.3 Å². The van der Waals surface area contributed by atoms with Crippen molar-refractivity contribution in [1.29, 1.82) is 0 Å². The van der Waals surface area contributed by atoms with Gasteiger partial charge in [0.25, 0.3) is 0 Å². The van der Waals surface area contributed by atoms with Gasteiger partial charge < -0.3 is 10.6 Å². The minimum atomic E-state index is -0.346. The maximum Gasteiger partial charge on any atom is 0.222 e. The number of unbranched alkanes of at least 4 members (excludes halogenated alkanes) is 3. The molecule has 0 spiro atoms. The van der Waals surface area contributed by atoms with Crippen molar-refractivity contribution in [3.05, 3.63) is 35.6 Å². The first-order chi connectivity index (χ1) is 11.6. The molecule has 25 heavy (non-hydrogen) atoms. The minimum absolute atomic E-state index is 0. The topological polar surface area (TPSA) is 63.4 Å². The van der Waals surface area contributed by atoms with Crippen LogP contribution >= 0.6 is 12.4 Å². The number of amides is 1. The van der Waals surface area contributed by atoms with E-state index in [1.807, 2.05) is 4.90 Å². The van der Waals surface area contributed by atoms with Crippen LogP contribution in [0.4, 0.5) is 4.39 Å². The normalized spacial score (nSPS) is 17.0. The Morgan fingerprint density at radius 2 is 1.80 bits per heavy atom. The van der Waals surface area contributed by atoms with Gasteiger partial charge in [-0.25, -0.2) is 4.39 Å². The highest BCUT2D eigenvalue weighted by atomic mass is 35.5. The first kappa shape index (κ1) is 21.6. The molecule has 6 heteroatoms. The van der Waals surface area contributed by atoms with Gasteiger partial charge in [-0.05, 0) is 56.5 Å². The predicted molar refractivity (Wildman–Crippen MR) is 99.4 cm³/mol. The van der Waals surface area contributed by atoms with Gasteiger partial charge in [-0.15, -0.1) is 12.4 Å². The van der Waals surface area contributed by atoms with Gasteiger partial charge in [0.2, 0.25) is 5.91 Å². The Morgan fingerprint density at radius 1 is 1.12 bits per heavy atom. The van der Waals surface area contributed by atoms with E-state index in [1.54, 1.807) is 0 Å². The van der Waals surface area contributed by atoms with E-state index in [1.165, 1.54) is 24.3 Å². The number of piperidine rings is 1. The summed E-state index contributed by atoms with van der Waals surface area (Å²) in [4.78, 5) is 26.7. The van der Waals surface area contributed by atoms with Crippen LogP contribution in [0.15, 0.2) is 24.3 Å². The zero-order chi connectivity index (χ0) is 17.4. The Bertz CT molecular complexity index is 551. The molecule has 0 aliphatic carbocycles. The van der Waals surface area contributed by atoms with Crippen molar-refractivity contribution < 1.29 is 14.0 Å². The highest BCUT2D eigenvalue weighted by molar-refractivity contribution is 5.98. The van der Waals surface area contributed by atoms with Crippen molar-refractivity contribution in [2.45, 2.75) is 44.9 Å². The van der Waals surface area contributed by atoms with Crippen LogP contribution in [0, 0.1) is 11.7 Å². The molecule has 0 aromatic heterocycles. The van der Waals surface area contributed by atoms with Gasteiger partial charge in [0.1, 0.15) is 5.82 Å². The summed E-state index contributed by atoms with van der Waals surface area (Å²) in [6.07, 6.45) is 6.15. The smallest absolute Gasteiger partial charge is 0.222 e. The number of hydrogen-bond donors (Lipinski definition) is 1. The lowest BCUT2D eigenvalue weighted by Crippen LogP contribution is -2.42. The van der Waals surface area contributed by atoms with E-state index in [2.05, 4.69) is 0 Å². The first-order valence-electron chi connectivity index (χ1n) is 8.89. The number of likely N-dealkylation sites (tertiary alicyclic amines) is 1. The maximum atomic E-state index is 13.0. The Hall–Kier alpha value is -1.46. The molecule has 1 aromatic rings. The quantitative estimate of drug-likeness (QED) is 0.562. The van der Waals surface area contributed by atoms with Gasteiger partial charge in [-0.2, -0.15) is 0 Å². The lowest BCUT2D eigenvalue weighted by molar-refractivity contribution is -0.132. The third-order valence-corrected chi connectivity index (χ3v) is 4.62. The predicted octanol–water partition coefficient (Wildman–Crippen LogP) is 3.58. The van der Waals surface area contributed by atoms with Crippen LogP contribution < -0.4 is 5.73 Å². The average Bonchev–Trinajstić information content (AvgIpc) is 2.61. The number of carbonyl (C=O) groups excluding carboxylic acids is 2. The number of nitrogens with zero attached hydrogens (tertiary/aromatic N) is 1. The summed E-state index contributed by atoms with van der Waals surface area (Å²) in [5.74, 6) is -0.373. The number of ketones is 1. The second kappa shape index (κ2) is 11.2. The Kier molecular flexibility index (Phi) is 9.68. The summed E-state index contributed by atoms with van der Waals surface area (Å²) in [5, 5.41) is 0. The molecule has 1 amide bonds. The summed E-state index contributed by atoms with van der Waals surface area (Å²) in [5.41, 5.74) is 5.98. The number of benzene rings is 1. The fourth-order valence-corrected chi connectivity index (χ4v) is 3.20. The molecule has 140 valence electrons. The van der Waals surface area contributed by atoms with Crippen LogP contribution in [-0.2, 0) is 4.79 Å². The molecule has 0 saturated carbocycles. The Labute approximate surface area is 155 Å². The number of rotatable bonds is 8. The van der Waals surface area contributed by atoms with Crippen molar-refractivity contribution in [3.63, 3.8) is 0 Å². The third kappa shape index (κ3) is 6.75. The highest BCUT2D eigenvalue weighted by Gasteiger charge is 2.28. The van der Waals surface area contributed by atoms with E-state index in [-0.39, 0.29) is 35.8 Å². The lowest BCUT2D eigenvalue weighted by Gasteiger charge is -2.32. The summed E-state index contributed by atoms with van der Waals surface area (Å²) in [6, 6.07) is 5.66. The molecule has 1 aliphatic heterocycles. The molecular weight excluding hydrogens is 343 g/mol. The van der Waals surface area contributed by atoms with Gasteiger partial charge in [-0.3, -0.25) is 9.59 Å². The van der Waals surface area contributed by atoms with Crippen LogP contribution in [0.2, 0.25) is 0 Å². The molecule has 2 N–H and O–H groups in total. The van der Waals surface area contributed by atoms with Crippen LogP contribution in [0.25, 0.3) is 0 Å². The van der Waals surface area contributed by atoms with Crippen LogP contribution in [0.5, 0.6) is 0 Å². The van der Waals surface area contributed by atoms with Gasteiger partial charge in [0.05, 0.1) is 0 Å². The van der Waals surface area contributed by atoms with E-state index >= 15 is 0 Å². The molecule has 0 radical (unpaired) electrons. The first-order valence-corrected chi connectivity index (χ1v) is 8.89. The van der Waals surface area contributed by atoms with Crippen LogP contribution in [-0.4, -0.2) is 36.2 Å². The molecule has 1 atom stereocenters. The van der Waals surface area contributed by atoms with Crippen molar-refractivity contribution in [2.24, 2.45) is 11.7 Å². The second-order valence-corrected chi connectivity index (χ2v) is 6.50. The van der Waals surface area contributed by atoms with Crippen molar-refractivity contribution in [1.82, 2.24) is 4.90 Å². The van der Waals surface area contributed by atoms with Gasteiger partial charge >= 0.3 is 0 Å². The number of hydrogen-bond acceptors (Lipinski definition) is 3. The summed E-state index contributed by atoms with van der Waals surface area (Å²) >= 11 is 0. The number of halogens is 2. The van der Waals surface area contributed by atoms with E-state index < -0.39 is 0 Å². The summed E-state index contributed by atoms with van der Waals surface area (Å²) in [6.45, 7) is 1.92. The average molecular weight is 371 g/mol. The van der Waals surface area contributed by atoms with E-state index in [9.17, 15) is 14.0 Å². The molecule has 4 nitrogen and oxygen atoms in total. The minimum Gasteiger partial charge on any atom is -0.342 e. The molecular formula is C19H28ClFN2O2. The van der Waals surface area contributed by atoms with E-state index in [4.69, 9.17) is 5.73 Å². The highest BCUT2D eigenvalue weighted by Crippen LogP contribution is 2.22. The Morgan fingerprint density at radius 3 is 2.48 bits per heavy atom. The molecule has 1 aromatic carbocycles. The molecule has 1 unspecified atom stereocenters. The number of carbonyl (C=O) groups is 2. The maximum absolute atomic E-state index is 13.0. The largest absolute Gasteiger partial charge is 0.342 e. The Balaban J connectivity index is 0.00000312. The summed E-state index contributed by atoms with van der Waals surface area (Å²) < 4.78 is 13.0. The van der Waals surface area contributed by atoms with E-state index in [0.717, 1.165) is 45.1 Å². The zero-order valence-corrected chi connectivity index (χ0v) is 15.4. The molecule has 1 fully saturated rings. The SMILES string of the molecule is Cl.NCCCCCCC(=O)N1CCCC(C(=O)c2ccc(F)cc2)C1. The van der Waals surface area contributed by atoms with Crippen LogP contribution in [0.3, 0.4) is 0 Å². The van der Waals surface area contributed by atoms with Crippen molar-refractivity contribution >= 4 is 24.1 Å². The van der Waals surface area contributed by atoms with Crippen molar-refractivity contribution in [2.75, 3.05) is 19.6 Å². The monoisotopic (exact) mass is 370 g/mol. The second-order valence-electron chi connectivity index (χ2n) is 6.50.